The van der Waals surface area contributed by atoms with E-state index in [1.807, 2.05) is 158 Å². The summed E-state index contributed by atoms with van der Waals surface area (Å²) in [6.45, 7) is 0.168. The molecular weight excluding hydrogens is 1040 g/mol. The van der Waals surface area contributed by atoms with Gasteiger partial charge in [0.15, 0.2) is 30.9 Å². The quantitative estimate of drug-likeness (QED) is 0.0394. The van der Waals surface area contributed by atoms with E-state index in [0.717, 1.165) is 27.8 Å². The molecule has 2 fully saturated rings. The molecular formula is C68H64O14. The van der Waals surface area contributed by atoms with E-state index in [1.165, 1.54) is 0 Å². The zero-order valence-corrected chi connectivity index (χ0v) is 45.0. The van der Waals surface area contributed by atoms with Crippen molar-refractivity contribution in [3.8, 4) is 0 Å². The van der Waals surface area contributed by atoms with Gasteiger partial charge < -0.3 is 52.1 Å². The zero-order valence-electron chi connectivity index (χ0n) is 45.0. The Hall–Kier alpha value is -8.15. The van der Waals surface area contributed by atoms with Gasteiger partial charge in [-0.05, 0) is 64.2 Å². The van der Waals surface area contributed by atoms with Gasteiger partial charge in [0.2, 0.25) is 0 Å². The first kappa shape index (κ1) is 57.1. The second-order valence-corrected chi connectivity index (χ2v) is 19.7. The monoisotopic (exact) mass is 1100 g/mol. The highest BCUT2D eigenvalue weighted by molar-refractivity contribution is 5.91. The van der Waals surface area contributed by atoms with Crippen molar-refractivity contribution in [1.82, 2.24) is 0 Å². The molecule has 2 aliphatic rings. The normalized spacial score (nSPS) is 22.3. The summed E-state index contributed by atoms with van der Waals surface area (Å²) in [4.78, 5) is 43.6. The summed E-state index contributed by atoms with van der Waals surface area (Å²) in [6, 6.07) is 73.4. The summed E-state index contributed by atoms with van der Waals surface area (Å²) in [5.41, 5.74) is 4.94. The lowest BCUT2D eigenvalue weighted by molar-refractivity contribution is -0.367. The summed E-state index contributed by atoms with van der Waals surface area (Å²) in [5, 5.41) is 0. The molecule has 0 amide bonds. The molecule has 0 aliphatic carbocycles. The lowest BCUT2D eigenvalue weighted by atomic mass is 9.95. The van der Waals surface area contributed by atoms with Gasteiger partial charge in [-0.15, -0.1) is 0 Å². The highest BCUT2D eigenvalue weighted by Crippen LogP contribution is 2.37. The maximum absolute atomic E-state index is 14.7. The molecule has 14 nitrogen and oxygen atoms in total. The predicted molar refractivity (Wildman–Crippen MR) is 303 cm³/mol. The van der Waals surface area contributed by atoms with Gasteiger partial charge in [-0.1, -0.05) is 206 Å². The number of carbonyl (C=O) groups excluding carboxylic acids is 3. The van der Waals surface area contributed by atoms with Crippen molar-refractivity contribution in [2.45, 2.75) is 94.4 Å². The molecule has 420 valence electrons. The van der Waals surface area contributed by atoms with Crippen LogP contribution in [0.1, 0.15) is 58.9 Å². The molecule has 0 aromatic heterocycles. The second-order valence-electron chi connectivity index (χ2n) is 19.7. The molecule has 0 bridgehead atoms. The number of carbonyl (C=O) groups is 3. The molecule has 10 rings (SSSR count). The van der Waals surface area contributed by atoms with Crippen molar-refractivity contribution in [3.05, 3.63) is 287 Å². The second kappa shape index (κ2) is 29.5. The molecule has 10 atom stereocenters. The Morgan fingerprint density at radius 1 is 0.293 bits per heavy atom. The van der Waals surface area contributed by atoms with Crippen LogP contribution in [0, 0.1) is 0 Å². The Morgan fingerprint density at radius 3 is 1.00 bits per heavy atom. The molecule has 0 N–H and O–H groups in total. The number of benzene rings is 8. The third-order valence-corrected chi connectivity index (χ3v) is 13.8. The molecule has 8 aromatic rings. The lowest BCUT2D eigenvalue weighted by Gasteiger charge is -2.49. The summed E-state index contributed by atoms with van der Waals surface area (Å²) in [6.07, 6.45) is -12.9. The standard InChI is InChI=1S/C68H64O14/c69-64(53-35-19-6-20-36-53)79-58-56(46-72-41-48-25-9-1-10-26-48)78-68(62(75-44-51-31-15-4-16-32-51)60(58)74-43-50-29-13-3-14-30-50)82-59-57(47-73-42-49-27-11-2-12-28-49)77-67(76-45-52-33-17-5-18-34-52)63(81-66(71)55-39-23-8-24-40-55)61(59)80-65(70)54-37-21-7-22-38-54/h1-40,56-63,67-68H,41-47H2/t56-,57-,58-,59-,60+,61+,62+,63-,67+,68+/m1/s1. The average molecular weight is 1110 g/mol. The van der Waals surface area contributed by atoms with Gasteiger partial charge in [0.1, 0.15) is 30.5 Å². The third kappa shape index (κ3) is 15.8. The number of ether oxygens (including phenoxy) is 11. The topological polar surface area (TPSA) is 153 Å². The Labute approximate surface area is 477 Å². The predicted octanol–water partition coefficient (Wildman–Crippen LogP) is 11.3. The molecule has 0 radical (unpaired) electrons. The maximum atomic E-state index is 14.7. The van der Waals surface area contributed by atoms with E-state index in [2.05, 4.69) is 0 Å². The molecule has 2 aliphatic heterocycles. The Bertz CT molecular complexity index is 3160. The number of hydrogen-bond acceptors (Lipinski definition) is 14. The smallest absolute Gasteiger partial charge is 0.338 e. The van der Waals surface area contributed by atoms with Crippen LogP contribution in [0.25, 0.3) is 0 Å². The largest absolute Gasteiger partial charge is 0.453 e. The molecule has 2 heterocycles. The highest BCUT2D eigenvalue weighted by atomic mass is 16.8. The minimum absolute atomic E-state index is 0.0166. The van der Waals surface area contributed by atoms with Crippen LogP contribution in [-0.4, -0.2) is 92.5 Å². The summed E-state index contributed by atoms with van der Waals surface area (Å²) < 4.78 is 74.7. The zero-order chi connectivity index (χ0) is 56.1. The number of esters is 3. The van der Waals surface area contributed by atoms with Crippen LogP contribution in [0.2, 0.25) is 0 Å². The minimum Gasteiger partial charge on any atom is -0.453 e. The van der Waals surface area contributed by atoms with Crippen molar-refractivity contribution in [1.29, 1.82) is 0 Å². The van der Waals surface area contributed by atoms with Crippen LogP contribution in [0.15, 0.2) is 243 Å². The van der Waals surface area contributed by atoms with Crippen LogP contribution in [0.4, 0.5) is 0 Å². The van der Waals surface area contributed by atoms with Gasteiger partial charge >= 0.3 is 17.9 Å². The molecule has 8 aromatic carbocycles. The van der Waals surface area contributed by atoms with Gasteiger partial charge in [-0.3, -0.25) is 0 Å². The SMILES string of the molecule is O=C(O[C@@H]1[C@@H](OC(=O)c2ccccc2)[C@@H](OCc2ccccc2)O[C@H](COCc2ccccc2)[C@H]1O[C@@H]1O[C@H](COCc2ccccc2)[C@@H](OC(=O)c2ccccc2)[C@H](OCc2ccccc2)[C@@H]1OCc1ccccc1)c1ccccc1. The first-order chi connectivity index (χ1) is 40.4. The van der Waals surface area contributed by atoms with Crippen molar-refractivity contribution in [2.75, 3.05) is 13.2 Å². The molecule has 14 heteroatoms. The Balaban J connectivity index is 1.09. The molecule has 2 saturated heterocycles. The van der Waals surface area contributed by atoms with Gasteiger partial charge in [0.05, 0.1) is 62.9 Å². The lowest BCUT2D eigenvalue weighted by Crippen LogP contribution is -2.67. The Morgan fingerprint density at radius 2 is 0.598 bits per heavy atom. The average Bonchev–Trinajstić information content (AvgIpc) is 3.55. The van der Waals surface area contributed by atoms with Crippen molar-refractivity contribution in [3.63, 3.8) is 0 Å². The molecule has 82 heavy (non-hydrogen) atoms. The van der Waals surface area contributed by atoms with E-state index in [0.29, 0.717) is 5.56 Å². The van der Waals surface area contributed by atoms with E-state index < -0.39 is 79.3 Å². The number of rotatable bonds is 25. The van der Waals surface area contributed by atoms with E-state index in [-0.39, 0.29) is 57.4 Å². The van der Waals surface area contributed by atoms with Gasteiger partial charge in [0.25, 0.3) is 0 Å². The minimum atomic E-state index is -1.50. The van der Waals surface area contributed by atoms with Crippen LogP contribution in [0.3, 0.4) is 0 Å². The van der Waals surface area contributed by atoms with Crippen molar-refractivity contribution < 1.29 is 66.5 Å². The van der Waals surface area contributed by atoms with E-state index in [1.54, 1.807) is 84.9 Å². The van der Waals surface area contributed by atoms with Crippen molar-refractivity contribution in [2.24, 2.45) is 0 Å². The van der Waals surface area contributed by atoms with Gasteiger partial charge in [-0.25, -0.2) is 14.4 Å². The summed E-state index contributed by atoms with van der Waals surface area (Å²) in [5.74, 6) is -2.13. The van der Waals surface area contributed by atoms with Gasteiger partial charge in [-0.2, -0.15) is 0 Å². The van der Waals surface area contributed by atoms with Crippen LogP contribution < -0.4 is 0 Å². The fourth-order valence-electron chi connectivity index (χ4n) is 9.67. The van der Waals surface area contributed by atoms with Crippen LogP contribution in [0.5, 0.6) is 0 Å². The van der Waals surface area contributed by atoms with Gasteiger partial charge in [0, 0.05) is 0 Å². The fraction of sp³-hybridized carbons (Fsp3) is 0.250. The first-order valence-electron chi connectivity index (χ1n) is 27.4. The molecule has 0 saturated carbocycles. The Kier molecular flexibility index (Phi) is 20.6. The fourth-order valence-corrected chi connectivity index (χ4v) is 9.67. The van der Waals surface area contributed by atoms with Crippen molar-refractivity contribution >= 4 is 17.9 Å². The molecule has 0 spiro atoms. The summed E-state index contributed by atoms with van der Waals surface area (Å²) in [7, 11) is 0. The summed E-state index contributed by atoms with van der Waals surface area (Å²) >= 11 is 0. The van der Waals surface area contributed by atoms with E-state index in [4.69, 9.17) is 52.1 Å². The number of hydrogen-bond donors (Lipinski definition) is 0. The van der Waals surface area contributed by atoms with E-state index >= 15 is 0 Å². The van der Waals surface area contributed by atoms with E-state index in [9.17, 15) is 14.4 Å². The molecule has 0 unspecified atom stereocenters. The maximum Gasteiger partial charge on any atom is 0.338 e. The van der Waals surface area contributed by atoms with Crippen LogP contribution >= 0.6 is 0 Å². The van der Waals surface area contributed by atoms with Crippen LogP contribution in [-0.2, 0) is 85.1 Å². The first-order valence-corrected chi connectivity index (χ1v) is 27.4. The third-order valence-electron chi connectivity index (χ3n) is 13.8. The highest BCUT2D eigenvalue weighted by Gasteiger charge is 2.57.